The second-order valence-corrected chi connectivity index (χ2v) is 7.38. The lowest BCUT2D eigenvalue weighted by Crippen LogP contribution is -2.38. The van der Waals surface area contributed by atoms with E-state index in [2.05, 4.69) is 30.7 Å². The van der Waals surface area contributed by atoms with Gasteiger partial charge in [-0.2, -0.15) is 28.6 Å². The van der Waals surface area contributed by atoms with Crippen molar-refractivity contribution in [2.45, 2.75) is 25.1 Å². The number of anilines is 1. The highest BCUT2D eigenvalue weighted by Gasteiger charge is 2.49. The number of hydrogen-bond acceptors (Lipinski definition) is 5. The summed E-state index contributed by atoms with van der Waals surface area (Å²) in [5, 5.41) is 13.9. The minimum atomic E-state index is -4.41. The number of amides is 1. The number of carbonyl (C=O) groups excluding carboxylic acids is 1. The fourth-order valence-electron chi connectivity index (χ4n) is 3.74. The molecule has 0 radical (unpaired) electrons. The van der Waals surface area contributed by atoms with E-state index in [-0.39, 0.29) is 11.4 Å². The average Bonchev–Trinajstić information content (AvgIpc) is 3.22. The Morgan fingerprint density at radius 1 is 1.27 bits per heavy atom. The Labute approximate surface area is 167 Å². The lowest BCUT2D eigenvalue weighted by Gasteiger charge is -2.22. The lowest BCUT2D eigenvalue weighted by molar-refractivity contribution is -0.146. The molecule has 5 rings (SSSR count). The predicted molar refractivity (Wildman–Crippen MR) is 104 cm³/mol. The van der Waals surface area contributed by atoms with E-state index in [4.69, 9.17) is 5.73 Å². The van der Waals surface area contributed by atoms with E-state index in [1.54, 1.807) is 24.4 Å². The summed E-state index contributed by atoms with van der Waals surface area (Å²) in [6, 6.07) is 3.60. The zero-order valence-corrected chi connectivity index (χ0v) is 15.4. The quantitative estimate of drug-likeness (QED) is 0.398. The first-order valence-corrected chi connectivity index (χ1v) is 9.26. The molecular formula is C19H16F3N7O. The van der Waals surface area contributed by atoms with Gasteiger partial charge in [-0.3, -0.25) is 4.79 Å². The Kier molecular flexibility index (Phi) is 3.95. The lowest BCUT2D eigenvalue weighted by atomic mass is 10.1. The fraction of sp³-hybridized carbons (Fsp3) is 0.263. The van der Waals surface area contributed by atoms with Crippen molar-refractivity contribution < 1.29 is 18.0 Å². The third-order valence-corrected chi connectivity index (χ3v) is 5.34. The van der Waals surface area contributed by atoms with Crippen molar-refractivity contribution in [2.75, 3.05) is 5.32 Å². The monoisotopic (exact) mass is 415 g/mol. The van der Waals surface area contributed by atoms with Gasteiger partial charge in [0.15, 0.2) is 0 Å². The Bertz CT molecular complexity index is 1260. The van der Waals surface area contributed by atoms with Crippen LogP contribution in [0, 0.1) is 5.92 Å². The number of halogens is 3. The number of alkyl halides is 3. The molecule has 0 saturated heterocycles. The molecule has 8 nitrogen and oxygen atoms in total. The van der Waals surface area contributed by atoms with Gasteiger partial charge in [0, 0.05) is 22.7 Å². The van der Waals surface area contributed by atoms with Crippen LogP contribution in [0.3, 0.4) is 0 Å². The summed E-state index contributed by atoms with van der Waals surface area (Å²) in [6.45, 7) is 0. The minimum absolute atomic E-state index is 0.0599. The highest BCUT2D eigenvalue weighted by molar-refractivity contribution is 6.18. The molecule has 3 heterocycles. The predicted octanol–water partition coefficient (Wildman–Crippen LogP) is 3.35. The number of nitrogens with one attached hydrogen (secondary N) is 3. The van der Waals surface area contributed by atoms with Gasteiger partial charge in [0.25, 0.3) is 5.91 Å². The van der Waals surface area contributed by atoms with Crippen molar-refractivity contribution in [1.29, 1.82) is 0 Å². The van der Waals surface area contributed by atoms with Crippen LogP contribution in [0.4, 0.5) is 19.0 Å². The highest BCUT2D eigenvalue weighted by atomic mass is 19.4. The van der Waals surface area contributed by atoms with E-state index >= 15 is 0 Å². The normalized spacial score (nSPS) is 15.6. The van der Waals surface area contributed by atoms with Gasteiger partial charge in [-0.05, 0) is 24.8 Å². The summed E-state index contributed by atoms with van der Waals surface area (Å²) in [7, 11) is 0. The number of rotatable bonds is 5. The van der Waals surface area contributed by atoms with E-state index in [0.717, 1.165) is 5.56 Å². The molecule has 0 spiro atoms. The number of benzene rings is 1. The first-order valence-electron chi connectivity index (χ1n) is 9.26. The van der Waals surface area contributed by atoms with Crippen molar-refractivity contribution in [1.82, 2.24) is 25.4 Å². The third-order valence-electron chi connectivity index (χ3n) is 5.34. The smallest absolute Gasteiger partial charge is 0.365 e. The zero-order valence-electron chi connectivity index (χ0n) is 15.4. The van der Waals surface area contributed by atoms with Crippen LogP contribution in [0.1, 0.15) is 23.2 Å². The van der Waals surface area contributed by atoms with Crippen LogP contribution in [0.5, 0.6) is 0 Å². The number of aromatic nitrogens is 5. The Hall–Kier alpha value is -3.63. The molecule has 1 amide bonds. The maximum atomic E-state index is 13.6. The molecular weight excluding hydrogens is 399 g/mol. The third kappa shape index (κ3) is 3.02. The molecule has 4 aromatic rings. The van der Waals surface area contributed by atoms with Crippen LogP contribution in [0.2, 0.25) is 0 Å². The summed E-state index contributed by atoms with van der Waals surface area (Å²) < 4.78 is 40.7. The molecule has 30 heavy (non-hydrogen) atoms. The highest BCUT2D eigenvalue weighted by Crippen LogP contribution is 2.43. The minimum Gasteiger partial charge on any atom is -0.365 e. The molecule has 0 aliphatic heterocycles. The average molecular weight is 415 g/mol. The number of fused-ring (bicyclic) bond motifs is 3. The maximum absolute atomic E-state index is 13.6. The van der Waals surface area contributed by atoms with Crippen molar-refractivity contribution in [3.63, 3.8) is 0 Å². The van der Waals surface area contributed by atoms with E-state index in [1.165, 1.54) is 6.20 Å². The van der Waals surface area contributed by atoms with Crippen molar-refractivity contribution in [3.8, 4) is 11.3 Å². The number of aromatic amines is 2. The van der Waals surface area contributed by atoms with E-state index in [9.17, 15) is 18.0 Å². The van der Waals surface area contributed by atoms with E-state index in [1.807, 2.05) is 0 Å². The van der Waals surface area contributed by atoms with Gasteiger partial charge in [0.1, 0.15) is 17.6 Å². The molecule has 1 unspecified atom stereocenters. The van der Waals surface area contributed by atoms with Gasteiger partial charge >= 0.3 is 6.18 Å². The van der Waals surface area contributed by atoms with Gasteiger partial charge in [-0.15, -0.1) is 0 Å². The topological polar surface area (TPSA) is 125 Å². The second-order valence-electron chi connectivity index (χ2n) is 7.38. The van der Waals surface area contributed by atoms with Gasteiger partial charge in [-0.1, -0.05) is 12.1 Å². The van der Waals surface area contributed by atoms with Crippen LogP contribution in [-0.4, -0.2) is 43.5 Å². The number of nitrogens with zero attached hydrogens (tertiary/aromatic N) is 3. The molecule has 0 bridgehead atoms. The SMILES string of the molecule is NC(=O)c1cnc(NC(C2CC2)C(F)(F)F)c2c1[nH]c1cc(-c3cn[nH]n3)ccc12. The molecule has 3 aromatic heterocycles. The Morgan fingerprint density at radius 3 is 2.70 bits per heavy atom. The number of nitrogens with two attached hydrogens (primary N) is 1. The molecule has 5 N–H and O–H groups in total. The molecule has 1 aromatic carbocycles. The van der Waals surface area contributed by atoms with Gasteiger partial charge < -0.3 is 16.0 Å². The van der Waals surface area contributed by atoms with Crippen LogP contribution >= 0.6 is 0 Å². The summed E-state index contributed by atoms with van der Waals surface area (Å²) in [5.41, 5.74) is 7.87. The zero-order chi connectivity index (χ0) is 21.0. The summed E-state index contributed by atoms with van der Waals surface area (Å²) >= 11 is 0. The molecule has 1 aliphatic carbocycles. The summed E-state index contributed by atoms with van der Waals surface area (Å²) in [5.74, 6) is -1.15. The van der Waals surface area contributed by atoms with Crippen LogP contribution in [-0.2, 0) is 0 Å². The standard InChI is InChI=1S/C19H16F3N7O/c20-19(21,22)16(8-1-2-8)27-18-14-10-4-3-9(13-7-25-29-28-13)5-12(10)26-15(14)11(6-24-18)17(23)30/h3-8,16,26H,1-2H2,(H2,23,30)(H,24,27)(H,25,28,29). The second kappa shape index (κ2) is 6.44. The number of hydrogen-bond donors (Lipinski definition) is 4. The molecule has 11 heteroatoms. The van der Waals surface area contributed by atoms with E-state index < -0.39 is 24.0 Å². The van der Waals surface area contributed by atoms with Gasteiger partial charge in [-0.25, -0.2) is 4.98 Å². The largest absolute Gasteiger partial charge is 0.408 e. The van der Waals surface area contributed by atoms with Gasteiger partial charge in [0.2, 0.25) is 0 Å². The number of carbonyl (C=O) groups is 1. The molecule has 154 valence electrons. The van der Waals surface area contributed by atoms with E-state index in [0.29, 0.717) is 40.3 Å². The fourth-order valence-corrected chi connectivity index (χ4v) is 3.74. The Balaban J connectivity index is 1.70. The number of H-pyrrole nitrogens is 2. The van der Waals surface area contributed by atoms with Gasteiger partial charge in [0.05, 0.1) is 22.7 Å². The summed E-state index contributed by atoms with van der Waals surface area (Å²) in [4.78, 5) is 19.1. The van der Waals surface area contributed by atoms with Crippen molar-refractivity contribution in [2.24, 2.45) is 11.7 Å². The molecule has 1 aliphatic rings. The van der Waals surface area contributed by atoms with Crippen molar-refractivity contribution in [3.05, 3.63) is 36.2 Å². The number of pyridine rings is 1. The van der Waals surface area contributed by atoms with Crippen LogP contribution in [0.25, 0.3) is 33.1 Å². The molecule has 1 atom stereocenters. The molecule has 1 saturated carbocycles. The first kappa shape index (κ1) is 18.4. The first-order chi connectivity index (χ1) is 14.3. The Morgan fingerprint density at radius 2 is 2.07 bits per heavy atom. The molecule has 1 fully saturated rings. The van der Waals surface area contributed by atoms with Crippen LogP contribution < -0.4 is 11.1 Å². The summed E-state index contributed by atoms with van der Waals surface area (Å²) in [6.07, 6.45) is -0.648. The number of primary amides is 1. The van der Waals surface area contributed by atoms with Crippen molar-refractivity contribution >= 4 is 33.5 Å². The maximum Gasteiger partial charge on any atom is 0.408 e. The van der Waals surface area contributed by atoms with Crippen LogP contribution in [0.15, 0.2) is 30.6 Å².